The fourth-order valence-electron chi connectivity index (χ4n) is 2.60. The Morgan fingerprint density at radius 1 is 1.38 bits per heavy atom. The molecule has 0 unspecified atom stereocenters. The van der Waals surface area contributed by atoms with E-state index in [1.807, 2.05) is 16.8 Å². The van der Waals surface area contributed by atoms with E-state index in [1.165, 1.54) is 6.33 Å². The van der Waals surface area contributed by atoms with Gasteiger partial charge < -0.3 is 14.2 Å². The van der Waals surface area contributed by atoms with E-state index in [0.717, 1.165) is 25.2 Å². The van der Waals surface area contributed by atoms with Gasteiger partial charge in [0.2, 0.25) is 5.91 Å². The molecule has 7 heteroatoms. The molecule has 0 bridgehead atoms. The van der Waals surface area contributed by atoms with Crippen LogP contribution in [0.4, 0.5) is 5.82 Å². The first-order valence-electron chi connectivity index (χ1n) is 7.22. The predicted octanol–water partition coefficient (Wildman–Crippen LogP) is 1.37. The maximum atomic E-state index is 11.8. The van der Waals surface area contributed by atoms with Crippen molar-refractivity contribution in [3.8, 4) is 0 Å². The molecular weight excluding hydrogens is 270 g/mol. The van der Waals surface area contributed by atoms with Crippen molar-refractivity contribution in [2.24, 2.45) is 0 Å². The molecule has 0 spiro atoms. The third-order valence-electron chi connectivity index (χ3n) is 3.77. The number of aryl methyl sites for hydroxylation is 1. The number of oxazole rings is 1. The van der Waals surface area contributed by atoms with Crippen molar-refractivity contribution in [2.75, 3.05) is 31.6 Å². The van der Waals surface area contributed by atoms with Gasteiger partial charge in [0.25, 0.3) is 5.71 Å². The Morgan fingerprint density at radius 2 is 2.24 bits per heavy atom. The molecule has 0 radical (unpaired) electrons. The van der Waals surface area contributed by atoms with Gasteiger partial charge in [-0.05, 0) is 12.8 Å². The molecule has 3 rings (SSSR count). The highest BCUT2D eigenvalue weighted by Gasteiger charge is 2.19. The second-order valence-corrected chi connectivity index (χ2v) is 5.34. The molecule has 1 fully saturated rings. The Balaban J connectivity index is 1.72. The predicted molar refractivity (Wildman–Crippen MR) is 78.0 cm³/mol. The number of fused-ring (bicyclic) bond motifs is 1. The molecule has 0 saturated carbocycles. The van der Waals surface area contributed by atoms with Crippen LogP contribution >= 0.6 is 0 Å². The van der Waals surface area contributed by atoms with Crippen molar-refractivity contribution in [1.82, 2.24) is 19.9 Å². The summed E-state index contributed by atoms with van der Waals surface area (Å²) in [5.41, 5.74) is 1.17. The number of amides is 1. The lowest BCUT2D eigenvalue weighted by Gasteiger charge is -2.29. The number of likely N-dealkylation sites (tertiary alicyclic amines) is 1. The summed E-state index contributed by atoms with van der Waals surface area (Å²) < 4.78 is 5.42. The number of anilines is 1. The maximum Gasteiger partial charge on any atom is 0.252 e. The van der Waals surface area contributed by atoms with E-state index in [4.69, 9.17) is 4.42 Å². The lowest BCUT2D eigenvalue weighted by molar-refractivity contribution is -0.133. The summed E-state index contributed by atoms with van der Waals surface area (Å²) in [6, 6.07) is 0. The van der Waals surface area contributed by atoms with Gasteiger partial charge in [-0.25, -0.2) is 9.97 Å². The maximum absolute atomic E-state index is 11.8. The normalized spacial score (nSPS) is 15.7. The number of piperidine rings is 1. The minimum Gasteiger partial charge on any atom is -0.422 e. The Labute approximate surface area is 123 Å². The van der Waals surface area contributed by atoms with E-state index in [2.05, 4.69) is 15.0 Å². The van der Waals surface area contributed by atoms with Crippen molar-refractivity contribution < 1.29 is 9.21 Å². The third kappa shape index (κ3) is 2.81. The second kappa shape index (κ2) is 5.67. The van der Waals surface area contributed by atoms with E-state index >= 15 is 0 Å². The first-order chi connectivity index (χ1) is 10.1. The molecule has 0 aliphatic carbocycles. The molecule has 2 aromatic heterocycles. The van der Waals surface area contributed by atoms with Crippen molar-refractivity contribution in [1.29, 1.82) is 0 Å². The average Bonchev–Trinajstić information content (AvgIpc) is 2.86. The van der Waals surface area contributed by atoms with E-state index in [1.54, 1.807) is 6.92 Å². The minimum atomic E-state index is 0.250. The van der Waals surface area contributed by atoms with Crippen molar-refractivity contribution in [3.63, 3.8) is 0 Å². The van der Waals surface area contributed by atoms with Gasteiger partial charge in [-0.15, -0.1) is 0 Å². The monoisotopic (exact) mass is 289 g/mol. The summed E-state index contributed by atoms with van der Waals surface area (Å²) in [6.45, 7) is 4.06. The van der Waals surface area contributed by atoms with Crippen LogP contribution in [0.2, 0.25) is 0 Å². The number of hydrogen-bond acceptors (Lipinski definition) is 6. The Morgan fingerprint density at radius 3 is 3.05 bits per heavy atom. The first-order valence-corrected chi connectivity index (χ1v) is 7.22. The molecule has 1 amide bonds. The third-order valence-corrected chi connectivity index (χ3v) is 3.77. The molecule has 0 N–H and O–H groups in total. The standard InChI is InChI=1S/C14H19N5O2/c1-10-17-12-13(15-9-16-14(12)21-10)18(2)7-8-19-6-4-3-5-11(19)20/h9H,3-8H2,1-2H3. The van der Waals surface area contributed by atoms with Crippen molar-refractivity contribution >= 4 is 23.0 Å². The molecule has 1 saturated heterocycles. The van der Waals surface area contributed by atoms with Crippen LogP contribution in [0.1, 0.15) is 25.2 Å². The van der Waals surface area contributed by atoms with Crippen LogP contribution in [-0.4, -0.2) is 52.4 Å². The molecule has 0 atom stereocenters. The highest BCUT2D eigenvalue weighted by atomic mass is 16.4. The fraction of sp³-hybridized carbons (Fsp3) is 0.571. The van der Waals surface area contributed by atoms with Crippen LogP contribution < -0.4 is 4.90 Å². The van der Waals surface area contributed by atoms with Gasteiger partial charge in [-0.2, -0.15) is 4.98 Å². The number of nitrogens with zero attached hydrogens (tertiary/aromatic N) is 5. The zero-order valence-electron chi connectivity index (χ0n) is 12.4. The minimum absolute atomic E-state index is 0.250. The van der Waals surface area contributed by atoms with E-state index in [9.17, 15) is 4.79 Å². The zero-order chi connectivity index (χ0) is 14.8. The molecule has 1 aliphatic rings. The van der Waals surface area contributed by atoms with Crippen LogP contribution in [0.25, 0.3) is 11.2 Å². The van der Waals surface area contributed by atoms with E-state index in [0.29, 0.717) is 36.6 Å². The quantitative estimate of drug-likeness (QED) is 0.846. The van der Waals surface area contributed by atoms with Gasteiger partial charge in [0.1, 0.15) is 6.33 Å². The number of likely N-dealkylation sites (N-methyl/N-ethyl adjacent to an activating group) is 1. The van der Waals surface area contributed by atoms with Gasteiger partial charge in [0, 0.05) is 40.0 Å². The lowest BCUT2D eigenvalue weighted by Crippen LogP contribution is -2.40. The summed E-state index contributed by atoms with van der Waals surface area (Å²) >= 11 is 0. The molecule has 0 aromatic carbocycles. The Hall–Kier alpha value is -2.18. The molecule has 7 nitrogen and oxygen atoms in total. The number of carbonyl (C=O) groups excluding carboxylic acids is 1. The first kappa shape index (κ1) is 13.8. The van der Waals surface area contributed by atoms with Crippen LogP contribution in [0.3, 0.4) is 0 Å². The fourth-order valence-corrected chi connectivity index (χ4v) is 2.60. The average molecular weight is 289 g/mol. The van der Waals surface area contributed by atoms with Gasteiger partial charge in [-0.3, -0.25) is 4.79 Å². The molecule has 21 heavy (non-hydrogen) atoms. The molecule has 1 aliphatic heterocycles. The Kier molecular flexibility index (Phi) is 3.72. The molecule has 2 aromatic rings. The lowest BCUT2D eigenvalue weighted by atomic mass is 10.1. The van der Waals surface area contributed by atoms with E-state index < -0.39 is 0 Å². The van der Waals surface area contributed by atoms with Crippen LogP contribution in [0.5, 0.6) is 0 Å². The second-order valence-electron chi connectivity index (χ2n) is 5.34. The summed E-state index contributed by atoms with van der Waals surface area (Å²) in [7, 11) is 1.94. The van der Waals surface area contributed by atoms with Gasteiger partial charge >= 0.3 is 0 Å². The SMILES string of the molecule is Cc1nc2c(N(C)CCN3CCCCC3=O)ncnc2o1. The van der Waals surface area contributed by atoms with Gasteiger partial charge in [0.05, 0.1) is 0 Å². The van der Waals surface area contributed by atoms with Crippen LogP contribution in [0, 0.1) is 6.92 Å². The zero-order valence-corrected chi connectivity index (χ0v) is 12.4. The molecular formula is C14H19N5O2. The van der Waals surface area contributed by atoms with Crippen LogP contribution in [-0.2, 0) is 4.79 Å². The number of carbonyl (C=O) groups is 1. The number of hydrogen-bond donors (Lipinski definition) is 0. The van der Waals surface area contributed by atoms with Crippen molar-refractivity contribution in [3.05, 3.63) is 12.2 Å². The van der Waals surface area contributed by atoms with Crippen molar-refractivity contribution in [2.45, 2.75) is 26.2 Å². The molecule has 3 heterocycles. The van der Waals surface area contributed by atoms with E-state index in [-0.39, 0.29) is 5.91 Å². The highest BCUT2D eigenvalue weighted by molar-refractivity contribution is 5.81. The summed E-state index contributed by atoms with van der Waals surface area (Å²) in [5.74, 6) is 1.56. The largest absolute Gasteiger partial charge is 0.422 e. The molecule has 112 valence electrons. The highest BCUT2D eigenvalue weighted by Crippen LogP contribution is 2.21. The topological polar surface area (TPSA) is 75.4 Å². The number of rotatable bonds is 4. The summed E-state index contributed by atoms with van der Waals surface area (Å²) in [4.78, 5) is 28.4. The summed E-state index contributed by atoms with van der Waals surface area (Å²) in [5, 5.41) is 0. The van der Waals surface area contributed by atoms with Gasteiger partial charge in [-0.1, -0.05) is 0 Å². The van der Waals surface area contributed by atoms with Gasteiger partial charge in [0.15, 0.2) is 17.2 Å². The smallest absolute Gasteiger partial charge is 0.252 e. The summed E-state index contributed by atoms with van der Waals surface area (Å²) in [6.07, 6.45) is 4.25. The van der Waals surface area contributed by atoms with Crippen LogP contribution in [0.15, 0.2) is 10.7 Å². The Bertz CT molecular complexity index is 654. The number of aromatic nitrogens is 3.